The molecular formula is C36H25BrCl2N2O2. The summed E-state index contributed by atoms with van der Waals surface area (Å²) >= 11 is 15.3. The lowest BCUT2D eigenvalue weighted by Gasteiger charge is -2.08. The molecule has 0 aliphatic heterocycles. The fourth-order valence-corrected chi connectivity index (χ4v) is 5.51. The number of anilines is 3. The van der Waals surface area contributed by atoms with Crippen molar-refractivity contribution >= 4 is 100 Å². The van der Waals surface area contributed by atoms with E-state index >= 15 is 0 Å². The van der Waals surface area contributed by atoms with Crippen molar-refractivity contribution in [2.75, 3.05) is 11.1 Å². The van der Waals surface area contributed by atoms with Gasteiger partial charge < -0.3 is 19.9 Å². The van der Waals surface area contributed by atoms with Gasteiger partial charge in [-0.25, -0.2) is 0 Å². The molecule has 0 unspecified atom stereocenters. The van der Waals surface area contributed by atoms with Crippen molar-refractivity contribution in [2.45, 2.75) is 0 Å². The van der Waals surface area contributed by atoms with Crippen LogP contribution in [0.5, 0.6) is 0 Å². The van der Waals surface area contributed by atoms with Crippen molar-refractivity contribution in [1.82, 2.24) is 0 Å². The van der Waals surface area contributed by atoms with E-state index in [0.717, 1.165) is 54.3 Å². The summed E-state index contributed by atoms with van der Waals surface area (Å²) in [6.07, 6.45) is 0. The summed E-state index contributed by atoms with van der Waals surface area (Å²) in [6.45, 7) is 0. The average molecular weight is 668 g/mol. The number of nitrogens with one attached hydrogen (secondary N) is 1. The van der Waals surface area contributed by atoms with Crippen molar-refractivity contribution in [3.8, 4) is 0 Å². The maximum atomic E-state index is 6.21. The molecule has 0 aliphatic rings. The highest BCUT2D eigenvalue weighted by Gasteiger charge is 2.11. The van der Waals surface area contributed by atoms with E-state index in [0.29, 0.717) is 15.7 Å². The Morgan fingerprint density at radius 3 is 1.60 bits per heavy atom. The third kappa shape index (κ3) is 6.20. The second kappa shape index (κ2) is 12.8. The molecule has 0 fully saturated rings. The molecule has 8 aromatic rings. The summed E-state index contributed by atoms with van der Waals surface area (Å²) in [5.41, 5.74) is 11.4. The van der Waals surface area contributed by atoms with Gasteiger partial charge in [-0.05, 0) is 64.5 Å². The maximum absolute atomic E-state index is 6.21. The zero-order valence-corrected chi connectivity index (χ0v) is 25.8. The van der Waals surface area contributed by atoms with Gasteiger partial charge in [0.15, 0.2) is 5.58 Å². The normalized spacial score (nSPS) is 10.8. The van der Waals surface area contributed by atoms with Gasteiger partial charge in [0.25, 0.3) is 0 Å². The lowest BCUT2D eigenvalue weighted by Crippen LogP contribution is -1.91. The van der Waals surface area contributed by atoms with Crippen LogP contribution >= 0.6 is 39.1 Å². The van der Waals surface area contributed by atoms with E-state index in [1.807, 2.05) is 97.1 Å². The van der Waals surface area contributed by atoms with E-state index in [2.05, 4.69) is 45.5 Å². The van der Waals surface area contributed by atoms with Gasteiger partial charge >= 0.3 is 0 Å². The van der Waals surface area contributed by atoms with Crippen molar-refractivity contribution in [3.05, 3.63) is 148 Å². The number of benzene rings is 6. The first-order chi connectivity index (χ1) is 21.0. The van der Waals surface area contributed by atoms with Crippen LogP contribution in [0.2, 0.25) is 10.0 Å². The lowest BCUT2D eigenvalue weighted by molar-refractivity contribution is 0.667. The Hall–Kier alpha value is -4.42. The number of hydrogen-bond acceptors (Lipinski definition) is 4. The van der Waals surface area contributed by atoms with Crippen LogP contribution in [-0.2, 0) is 0 Å². The number of hydrogen-bond donors (Lipinski definition) is 2. The van der Waals surface area contributed by atoms with Crippen LogP contribution in [0.4, 0.5) is 17.1 Å². The molecule has 0 radical (unpaired) electrons. The van der Waals surface area contributed by atoms with E-state index in [-0.39, 0.29) is 0 Å². The number of rotatable bonds is 2. The van der Waals surface area contributed by atoms with Crippen LogP contribution in [0, 0.1) is 0 Å². The van der Waals surface area contributed by atoms with Crippen LogP contribution in [0.3, 0.4) is 0 Å². The van der Waals surface area contributed by atoms with Crippen molar-refractivity contribution < 1.29 is 8.83 Å². The first-order valence-electron chi connectivity index (χ1n) is 13.5. The molecule has 0 spiro atoms. The van der Waals surface area contributed by atoms with Crippen LogP contribution < -0.4 is 11.1 Å². The molecule has 4 nitrogen and oxygen atoms in total. The van der Waals surface area contributed by atoms with Gasteiger partial charge in [-0.3, -0.25) is 0 Å². The second-order valence-electron chi connectivity index (χ2n) is 9.62. The van der Waals surface area contributed by atoms with E-state index in [9.17, 15) is 0 Å². The molecule has 43 heavy (non-hydrogen) atoms. The molecule has 0 aliphatic carbocycles. The largest absolute Gasteiger partial charge is 0.455 e. The second-order valence-corrected chi connectivity index (χ2v) is 11.3. The van der Waals surface area contributed by atoms with Gasteiger partial charge in [0.2, 0.25) is 0 Å². The number of halogens is 3. The SMILES string of the molecule is Brc1cccc2c1oc1ccccc12.Clc1ccccc1Nc1cccc2c1oc1ccccc12.Nc1ccccc1Cl. The van der Waals surface area contributed by atoms with Gasteiger partial charge in [-0.15, -0.1) is 0 Å². The molecule has 0 saturated heterocycles. The van der Waals surface area contributed by atoms with E-state index in [1.165, 1.54) is 5.39 Å². The minimum atomic E-state index is 0.618. The summed E-state index contributed by atoms with van der Waals surface area (Å²) in [4.78, 5) is 0. The summed E-state index contributed by atoms with van der Waals surface area (Å²) < 4.78 is 12.7. The molecule has 0 bridgehead atoms. The molecule has 8 rings (SSSR count). The minimum absolute atomic E-state index is 0.618. The van der Waals surface area contributed by atoms with Gasteiger partial charge in [0.1, 0.15) is 16.7 Å². The molecule has 0 saturated carbocycles. The summed E-state index contributed by atoms with van der Waals surface area (Å²) in [5.74, 6) is 0. The first-order valence-corrected chi connectivity index (χ1v) is 15.0. The topological polar surface area (TPSA) is 64.3 Å². The summed E-state index contributed by atoms with van der Waals surface area (Å²) in [6, 6.07) is 43.2. The van der Waals surface area contributed by atoms with E-state index in [4.69, 9.17) is 37.8 Å². The van der Waals surface area contributed by atoms with Crippen molar-refractivity contribution in [1.29, 1.82) is 0 Å². The number of furan rings is 2. The van der Waals surface area contributed by atoms with Crippen molar-refractivity contribution in [2.24, 2.45) is 0 Å². The predicted molar refractivity (Wildman–Crippen MR) is 186 cm³/mol. The average Bonchev–Trinajstić information content (AvgIpc) is 3.61. The third-order valence-electron chi connectivity index (χ3n) is 6.81. The molecule has 0 atom stereocenters. The molecule has 2 heterocycles. The highest BCUT2D eigenvalue weighted by Crippen LogP contribution is 2.36. The van der Waals surface area contributed by atoms with E-state index < -0.39 is 0 Å². The van der Waals surface area contributed by atoms with Gasteiger partial charge in [-0.2, -0.15) is 0 Å². The lowest BCUT2D eigenvalue weighted by atomic mass is 10.1. The van der Waals surface area contributed by atoms with Crippen molar-refractivity contribution in [3.63, 3.8) is 0 Å². The number of para-hydroxylation sites is 6. The third-order valence-corrected chi connectivity index (χ3v) is 8.11. The maximum Gasteiger partial charge on any atom is 0.158 e. The highest BCUT2D eigenvalue weighted by atomic mass is 79.9. The Balaban J connectivity index is 0.000000128. The number of nitrogens with two attached hydrogens (primary N) is 1. The fourth-order valence-electron chi connectivity index (χ4n) is 4.74. The zero-order chi connectivity index (χ0) is 29.8. The Kier molecular flexibility index (Phi) is 8.57. The fraction of sp³-hybridized carbons (Fsp3) is 0. The van der Waals surface area contributed by atoms with Crippen LogP contribution in [-0.4, -0.2) is 0 Å². The molecular weight excluding hydrogens is 643 g/mol. The highest BCUT2D eigenvalue weighted by molar-refractivity contribution is 9.10. The van der Waals surface area contributed by atoms with Gasteiger partial charge in [0, 0.05) is 21.5 Å². The van der Waals surface area contributed by atoms with Crippen LogP contribution in [0.25, 0.3) is 43.9 Å². The summed E-state index contributed by atoms with van der Waals surface area (Å²) in [7, 11) is 0. The Bertz CT molecular complexity index is 2170. The predicted octanol–water partition coefficient (Wildman–Crippen LogP) is 12.3. The smallest absolute Gasteiger partial charge is 0.158 e. The molecule has 0 amide bonds. The monoisotopic (exact) mass is 666 g/mol. The zero-order valence-electron chi connectivity index (χ0n) is 22.7. The Morgan fingerprint density at radius 1 is 0.488 bits per heavy atom. The summed E-state index contributed by atoms with van der Waals surface area (Å²) in [5, 5.41) is 9.21. The molecule has 2 aromatic heterocycles. The number of fused-ring (bicyclic) bond motifs is 6. The van der Waals surface area contributed by atoms with Gasteiger partial charge in [0.05, 0.1) is 31.6 Å². The molecule has 7 heteroatoms. The Labute approximate surface area is 266 Å². The number of nitrogen functional groups attached to an aromatic ring is 1. The van der Waals surface area contributed by atoms with Crippen LogP contribution in [0.15, 0.2) is 147 Å². The molecule has 3 N–H and O–H groups in total. The van der Waals surface area contributed by atoms with Gasteiger partial charge in [-0.1, -0.05) is 108 Å². The quantitative estimate of drug-likeness (QED) is 0.180. The van der Waals surface area contributed by atoms with E-state index in [1.54, 1.807) is 12.1 Å². The minimum Gasteiger partial charge on any atom is -0.455 e. The van der Waals surface area contributed by atoms with Crippen LogP contribution in [0.1, 0.15) is 0 Å². The standard InChI is InChI=1S/C18H12ClNO.C12H7BrO.C6H6ClN/c19-14-8-2-3-9-15(14)20-16-10-5-7-13-12-6-1-4-11-17(12)21-18(13)16;13-10-6-3-5-9-8-4-1-2-7-11(8)14-12(9)10;7-5-3-1-2-4-6(5)8/h1-11,20H;1-7H;1-4H,8H2. The first kappa shape index (κ1) is 28.7. The molecule has 6 aromatic carbocycles. The Morgan fingerprint density at radius 2 is 0.977 bits per heavy atom. The molecule has 212 valence electrons.